The molecule has 0 aromatic heterocycles. The third-order valence-electron chi connectivity index (χ3n) is 3.87. The van der Waals surface area contributed by atoms with Crippen LogP contribution in [-0.4, -0.2) is 24.5 Å². The number of carbonyl (C=O) groups is 1. The van der Waals surface area contributed by atoms with Crippen molar-refractivity contribution >= 4 is 5.97 Å². The normalized spacial score (nSPS) is 20.0. The van der Waals surface area contributed by atoms with Crippen LogP contribution in [0.4, 0.5) is 0 Å². The molecule has 0 amide bonds. The number of carbonyl (C=O) groups excluding carboxylic acids is 1. The zero-order valence-electron chi connectivity index (χ0n) is 13.1. The van der Waals surface area contributed by atoms with Gasteiger partial charge in [0.1, 0.15) is 5.75 Å². The van der Waals surface area contributed by atoms with Crippen LogP contribution in [0.15, 0.2) is 24.3 Å². The summed E-state index contributed by atoms with van der Waals surface area (Å²) in [4.78, 5) is 11.8. The molecule has 116 valence electrons. The Morgan fingerprint density at radius 3 is 2.67 bits per heavy atom. The second-order valence-electron chi connectivity index (χ2n) is 5.28. The van der Waals surface area contributed by atoms with Crippen LogP contribution in [0, 0.1) is 0 Å². The topological polar surface area (TPSA) is 44.8 Å². The molecule has 4 heteroatoms. The molecule has 1 atom stereocenters. The Kier molecular flexibility index (Phi) is 5.23. The quantitative estimate of drug-likeness (QED) is 0.779. The van der Waals surface area contributed by atoms with Gasteiger partial charge in [-0.25, -0.2) is 0 Å². The minimum atomic E-state index is -0.663. The molecule has 2 rings (SSSR count). The van der Waals surface area contributed by atoms with Crippen molar-refractivity contribution in [3.8, 4) is 5.75 Å². The molecule has 0 spiro atoms. The standard InChI is InChI=1S/C17H24O4/c1-4-17(5-2)20-14(12-16(18)19-6-3)11-13-9-7-8-10-15(13)21-17/h7-10,14H,4-6,11-12H2,1-3H3. The van der Waals surface area contributed by atoms with Crippen molar-refractivity contribution in [3.63, 3.8) is 0 Å². The number of hydrogen-bond donors (Lipinski definition) is 0. The maximum atomic E-state index is 11.8. The van der Waals surface area contributed by atoms with Gasteiger partial charge in [0.05, 0.1) is 19.1 Å². The summed E-state index contributed by atoms with van der Waals surface area (Å²) < 4.78 is 17.4. The van der Waals surface area contributed by atoms with Crippen molar-refractivity contribution in [1.82, 2.24) is 0 Å². The van der Waals surface area contributed by atoms with Gasteiger partial charge in [0.2, 0.25) is 5.79 Å². The molecular weight excluding hydrogens is 268 g/mol. The van der Waals surface area contributed by atoms with Crippen molar-refractivity contribution in [3.05, 3.63) is 29.8 Å². The first-order chi connectivity index (χ1) is 10.1. The van der Waals surface area contributed by atoms with Gasteiger partial charge in [-0.2, -0.15) is 0 Å². The molecule has 1 aromatic carbocycles. The van der Waals surface area contributed by atoms with Gasteiger partial charge in [0.25, 0.3) is 0 Å². The largest absolute Gasteiger partial charge is 0.466 e. The van der Waals surface area contributed by atoms with E-state index >= 15 is 0 Å². The minimum absolute atomic E-state index is 0.215. The lowest BCUT2D eigenvalue weighted by Gasteiger charge is -2.33. The molecule has 0 saturated heterocycles. The van der Waals surface area contributed by atoms with Gasteiger partial charge in [0.15, 0.2) is 0 Å². The fourth-order valence-electron chi connectivity index (χ4n) is 2.67. The van der Waals surface area contributed by atoms with Crippen LogP contribution in [0.5, 0.6) is 5.75 Å². The predicted molar refractivity (Wildman–Crippen MR) is 80.2 cm³/mol. The molecular formula is C17H24O4. The van der Waals surface area contributed by atoms with E-state index in [1.54, 1.807) is 0 Å². The first-order valence-electron chi connectivity index (χ1n) is 7.72. The molecule has 1 aromatic rings. The highest BCUT2D eigenvalue weighted by molar-refractivity contribution is 5.70. The van der Waals surface area contributed by atoms with Gasteiger partial charge in [-0.3, -0.25) is 4.79 Å². The SMILES string of the molecule is CCOC(=O)CC1Cc2ccccc2OC(CC)(CC)O1. The molecule has 0 saturated carbocycles. The number of esters is 1. The molecule has 21 heavy (non-hydrogen) atoms. The van der Waals surface area contributed by atoms with Gasteiger partial charge in [-0.15, -0.1) is 0 Å². The van der Waals surface area contributed by atoms with E-state index in [0.29, 0.717) is 13.0 Å². The fourth-order valence-corrected chi connectivity index (χ4v) is 2.67. The number of rotatable bonds is 5. The third-order valence-corrected chi connectivity index (χ3v) is 3.87. The molecule has 1 unspecified atom stereocenters. The monoisotopic (exact) mass is 292 g/mol. The highest BCUT2D eigenvalue weighted by Gasteiger charge is 2.37. The molecule has 0 aliphatic carbocycles. The zero-order chi connectivity index (χ0) is 15.3. The van der Waals surface area contributed by atoms with E-state index in [1.807, 2.05) is 45.0 Å². The summed E-state index contributed by atoms with van der Waals surface area (Å²) in [5.74, 6) is -0.0282. The van der Waals surface area contributed by atoms with Crippen molar-refractivity contribution in [2.45, 2.75) is 58.3 Å². The van der Waals surface area contributed by atoms with Crippen molar-refractivity contribution < 1.29 is 19.0 Å². The maximum absolute atomic E-state index is 11.8. The third kappa shape index (κ3) is 3.76. The summed E-state index contributed by atoms with van der Waals surface area (Å²) in [6, 6.07) is 7.93. The lowest BCUT2D eigenvalue weighted by atomic mass is 10.0. The van der Waals surface area contributed by atoms with Crippen molar-refractivity contribution in [2.75, 3.05) is 6.61 Å². The minimum Gasteiger partial charge on any atom is -0.466 e. The smallest absolute Gasteiger partial charge is 0.308 e. The van der Waals surface area contributed by atoms with Crippen LogP contribution in [0.1, 0.15) is 45.6 Å². The summed E-state index contributed by atoms with van der Waals surface area (Å²) in [5, 5.41) is 0. The second-order valence-corrected chi connectivity index (χ2v) is 5.28. The highest BCUT2D eigenvalue weighted by atomic mass is 16.7. The lowest BCUT2D eigenvalue weighted by molar-refractivity contribution is -0.212. The van der Waals surface area contributed by atoms with Gasteiger partial charge < -0.3 is 14.2 Å². The van der Waals surface area contributed by atoms with Gasteiger partial charge in [0, 0.05) is 19.3 Å². The Bertz CT molecular complexity index is 479. The second kappa shape index (κ2) is 6.94. The van der Waals surface area contributed by atoms with Crippen LogP contribution >= 0.6 is 0 Å². The number of para-hydroxylation sites is 1. The molecule has 1 heterocycles. The average Bonchev–Trinajstić information content (AvgIpc) is 2.64. The maximum Gasteiger partial charge on any atom is 0.308 e. The molecule has 4 nitrogen and oxygen atoms in total. The van der Waals surface area contributed by atoms with E-state index in [9.17, 15) is 4.79 Å². The van der Waals surface area contributed by atoms with Crippen LogP contribution < -0.4 is 4.74 Å². The summed E-state index contributed by atoms with van der Waals surface area (Å²) in [6.07, 6.45) is 2.17. The Hall–Kier alpha value is -1.55. The number of hydrogen-bond acceptors (Lipinski definition) is 4. The number of ether oxygens (including phenoxy) is 3. The van der Waals surface area contributed by atoms with Crippen LogP contribution in [0.25, 0.3) is 0 Å². The van der Waals surface area contributed by atoms with E-state index in [1.165, 1.54) is 0 Å². The van der Waals surface area contributed by atoms with Gasteiger partial charge >= 0.3 is 5.97 Å². The molecule has 0 N–H and O–H groups in total. The van der Waals surface area contributed by atoms with E-state index in [-0.39, 0.29) is 18.5 Å². The Morgan fingerprint density at radius 2 is 2.00 bits per heavy atom. The van der Waals surface area contributed by atoms with E-state index in [2.05, 4.69) is 0 Å². The Morgan fingerprint density at radius 1 is 1.29 bits per heavy atom. The lowest BCUT2D eigenvalue weighted by Crippen LogP contribution is -2.41. The van der Waals surface area contributed by atoms with Crippen LogP contribution in [0.3, 0.4) is 0 Å². The first-order valence-corrected chi connectivity index (χ1v) is 7.72. The Balaban J connectivity index is 2.24. The first kappa shape index (κ1) is 15.8. The summed E-state index contributed by atoms with van der Waals surface area (Å²) in [5.41, 5.74) is 1.08. The highest BCUT2D eigenvalue weighted by Crippen LogP contribution is 2.35. The Labute approximate surface area is 126 Å². The summed E-state index contributed by atoms with van der Waals surface area (Å²) in [6.45, 7) is 6.29. The fraction of sp³-hybridized carbons (Fsp3) is 0.588. The molecule has 1 aliphatic heterocycles. The molecule has 0 fully saturated rings. The number of benzene rings is 1. The molecule has 1 aliphatic rings. The predicted octanol–water partition coefficient (Wildman–Crippen LogP) is 3.48. The van der Waals surface area contributed by atoms with Crippen LogP contribution in [-0.2, 0) is 20.7 Å². The van der Waals surface area contributed by atoms with E-state index in [0.717, 1.165) is 24.2 Å². The molecule has 0 bridgehead atoms. The van der Waals surface area contributed by atoms with Crippen molar-refractivity contribution in [1.29, 1.82) is 0 Å². The van der Waals surface area contributed by atoms with E-state index < -0.39 is 5.79 Å². The van der Waals surface area contributed by atoms with Gasteiger partial charge in [-0.1, -0.05) is 32.0 Å². The molecule has 0 radical (unpaired) electrons. The van der Waals surface area contributed by atoms with E-state index in [4.69, 9.17) is 14.2 Å². The zero-order valence-corrected chi connectivity index (χ0v) is 13.1. The summed E-state index contributed by atoms with van der Waals surface area (Å²) >= 11 is 0. The summed E-state index contributed by atoms with van der Waals surface area (Å²) in [7, 11) is 0. The average molecular weight is 292 g/mol. The van der Waals surface area contributed by atoms with Gasteiger partial charge in [-0.05, 0) is 18.6 Å². The van der Waals surface area contributed by atoms with Crippen molar-refractivity contribution in [2.24, 2.45) is 0 Å². The number of fused-ring (bicyclic) bond motifs is 1. The van der Waals surface area contributed by atoms with Crippen LogP contribution in [0.2, 0.25) is 0 Å².